The standard InChI is InChI=1S/C20H15F3N2O4S/c21-14-3-1-2-13(11-14)17(26)24-8-9-25-18(27)16(30-20(25)28)10-12-4-6-15(7-5-12)29-19(22)23/h1-7,10-11,19H,8-9H2,(H,24,26)/b16-10-. The van der Waals surface area contributed by atoms with Gasteiger partial charge in [0.2, 0.25) is 0 Å². The zero-order valence-electron chi connectivity index (χ0n) is 15.3. The summed E-state index contributed by atoms with van der Waals surface area (Å²) in [6.45, 7) is -2.99. The van der Waals surface area contributed by atoms with Crippen molar-refractivity contribution < 1.29 is 32.3 Å². The predicted molar refractivity (Wildman–Crippen MR) is 104 cm³/mol. The zero-order valence-corrected chi connectivity index (χ0v) is 16.1. The van der Waals surface area contributed by atoms with E-state index in [2.05, 4.69) is 10.1 Å². The van der Waals surface area contributed by atoms with Gasteiger partial charge in [0.05, 0.1) is 4.91 Å². The number of carbonyl (C=O) groups is 3. The van der Waals surface area contributed by atoms with Crippen molar-refractivity contribution in [1.29, 1.82) is 0 Å². The molecule has 0 bridgehead atoms. The smallest absolute Gasteiger partial charge is 0.387 e. The summed E-state index contributed by atoms with van der Waals surface area (Å²) in [6.07, 6.45) is 1.46. The monoisotopic (exact) mass is 436 g/mol. The van der Waals surface area contributed by atoms with E-state index in [0.717, 1.165) is 22.7 Å². The molecule has 0 aliphatic carbocycles. The summed E-state index contributed by atoms with van der Waals surface area (Å²) < 4.78 is 41.8. The molecule has 0 unspecified atom stereocenters. The van der Waals surface area contributed by atoms with Crippen molar-refractivity contribution in [3.05, 3.63) is 70.4 Å². The Morgan fingerprint density at radius 3 is 2.57 bits per heavy atom. The van der Waals surface area contributed by atoms with Gasteiger partial charge < -0.3 is 10.1 Å². The Kier molecular flexibility index (Phi) is 6.78. The maximum Gasteiger partial charge on any atom is 0.387 e. The minimum absolute atomic E-state index is 0.000328. The summed E-state index contributed by atoms with van der Waals surface area (Å²) in [5, 5.41) is 2.03. The number of hydrogen-bond acceptors (Lipinski definition) is 5. The van der Waals surface area contributed by atoms with Gasteiger partial charge in [-0.3, -0.25) is 19.3 Å². The fourth-order valence-electron chi connectivity index (χ4n) is 2.60. The molecule has 6 nitrogen and oxygen atoms in total. The lowest BCUT2D eigenvalue weighted by Crippen LogP contribution is -2.37. The molecule has 1 fully saturated rings. The van der Waals surface area contributed by atoms with Gasteiger partial charge in [-0.2, -0.15) is 8.78 Å². The molecule has 1 heterocycles. The first-order valence-electron chi connectivity index (χ1n) is 8.67. The maximum absolute atomic E-state index is 13.2. The van der Waals surface area contributed by atoms with Crippen molar-refractivity contribution in [2.45, 2.75) is 6.61 Å². The second-order valence-corrected chi connectivity index (χ2v) is 7.04. The van der Waals surface area contributed by atoms with E-state index in [4.69, 9.17) is 0 Å². The van der Waals surface area contributed by atoms with E-state index in [1.807, 2.05) is 0 Å². The maximum atomic E-state index is 13.2. The van der Waals surface area contributed by atoms with Crippen LogP contribution in [0.4, 0.5) is 18.0 Å². The third kappa shape index (κ3) is 5.41. The van der Waals surface area contributed by atoms with E-state index in [0.29, 0.717) is 5.56 Å². The molecule has 1 N–H and O–H groups in total. The lowest BCUT2D eigenvalue weighted by molar-refractivity contribution is -0.122. The number of benzene rings is 2. The van der Waals surface area contributed by atoms with Gasteiger partial charge in [0.25, 0.3) is 17.1 Å². The summed E-state index contributed by atoms with van der Waals surface area (Å²) in [7, 11) is 0. The number of hydrogen-bond donors (Lipinski definition) is 1. The molecule has 1 saturated heterocycles. The van der Waals surface area contributed by atoms with Gasteiger partial charge in [-0.25, -0.2) is 4.39 Å². The second kappa shape index (κ2) is 9.49. The highest BCUT2D eigenvalue weighted by Gasteiger charge is 2.34. The van der Waals surface area contributed by atoms with Gasteiger partial charge in [-0.05, 0) is 53.7 Å². The number of ether oxygens (including phenoxy) is 1. The molecule has 10 heteroatoms. The van der Waals surface area contributed by atoms with Crippen LogP contribution in [0.1, 0.15) is 15.9 Å². The normalized spacial score (nSPS) is 15.2. The first-order valence-corrected chi connectivity index (χ1v) is 9.49. The van der Waals surface area contributed by atoms with Gasteiger partial charge in [0.15, 0.2) is 0 Å². The van der Waals surface area contributed by atoms with E-state index in [1.54, 1.807) is 0 Å². The van der Waals surface area contributed by atoms with Crippen LogP contribution in [0.5, 0.6) is 5.75 Å². The van der Waals surface area contributed by atoms with Crippen LogP contribution in [0.3, 0.4) is 0 Å². The van der Waals surface area contributed by atoms with Gasteiger partial charge in [-0.1, -0.05) is 18.2 Å². The third-order valence-corrected chi connectivity index (χ3v) is 4.89. The van der Waals surface area contributed by atoms with Crippen LogP contribution in [-0.4, -0.2) is 41.7 Å². The Bertz CT molecular complexity index is 996. The van der Waals surface area contributed by atoms with Gasteiger partial charge >= 0.3 is 6.61 Å². The Morgan fingerprint density at radius 2 is 1.90 bits per heavy atom. The van der Waals surface area contributed by atoms with Crippen molar-refractivity contribution in [2.24, 2.45) is 0 Å². The average Bonchev–Trinajstić information content (AvgIpc) is 2.96. The SMILES string of the molecule is O=C(NCCN1C(=O)S/C(=C\c2ccc(OC(F)F)cc2)C1=O)c1cccc(F)c1. The summed E-state index contributed by atoms with van der Waals surface area (Å²) in [6, 6.07) is 10.7. The molecule has 156 valence electrons. The van der Waals surface area contributed by atoms with Crippen LogP contribution in [0.25, 0.3) is 6.08 Å². The van der Waals surface area contributed by atoms with Crippen LogP contribution < -0.4 is 10.1 Å². The molecule has 0 saturated carbocycles. The molecule has 2 aromatic rings. The number of alkyl halides is 2. The molecule has 0 spiro atoms. The minimum Gasteiger partial charge on any atom is -0.435 e. The van der Waals surface area contributed by atoms with Crippen molar-refractivity contribution in [3.63, 3.8) is 0 Å². The highest BCUT2D eigenvalue weighted by atomic mass is 32.2. The Balaban J connectivity index is 1.58. The first-order chi connectivity index (χ1) is 14.3. The van der Waals surface area contributed by atoms with E-state index in [1.165, 1.54) is 48.5 Å². The third-order valence-electron chi connectivity index (χ3n) is 3.98. The van der Waals surface area contributed by atoms with Crippen LogP contribution in [0.15, 0.2) is 53.4 Å². The lowest BCUT2D eigenvalue weighted by atomic mass is 10.2. The van der Waals surface area contributed by atoms with Crippen molar-refractivity contribution >= 4 is 34.9 Å². The topological polar surface area (TPSA) is 75.7 Å². The van der Waals surface area contributed by atoms with Crippen molar-refractivity contribution in [3.8, 4) is 5.75 Å². The highest BCUT2D eigenvalue weighted by Crippen LogP contribution is 2.32. The van der Waals surface area contributed by atoms with Gasteiger partial charge in [-0.15, -0.1) is 0 Å². The van der Waals surface area contributed by atoms with Crippen LogP contribution >= 0.6 is 11.8 Å². The average molecular weight is 436 g/mol. The largest absolute Gasteiger partial charge is 0.435 e. The fourth-order valence-corrected chi connectivity index (χ4v) is 3.47. The van der Waals surface area contributed by atoms with E-state index < -0.39 is 29.5 Å². The number of amides is 3. The number of nitrogens with zero attached hydrogens (tertiary/aromatic N) is 1. The molecule has 30 heavy (non-hydrogen) atoms. The lowest BCUT2D eigenvalue weighted by Gasteiger charge is -2.13. The molecule has 0 radical (unpaired) electrons. The van der Waals surface area contributed by atoms with Crippen molar-refractivity contribution in [1.82, 2.24) is 10.2 Å². The molecule has 1 aliphatic rings. The van der Waals surface area contributed by atoms with E-state index in [9.17, 15) is 27.6 Å². The summed E-state index contributed by atoms with van der Waals surface area (Å²) in [4.78, 5) is 37.7. The minimum atomic E-state index is -2.94. The summed E-state index contributed by atoms with van der Waals surface area (Å²) in [5.41, 5.74) is 0.657. The van der Waals surface area contributed by atoms with E-state index in [-0.39, 0.29) is 29.3 Å². The Hall–Kier alpha value is -3.27. The van der Waals surface area contributed by atoms with Crippen LogP contribution in [0, 0.1) is 5.82 Å². The van der Waals surface area contributed by atoms with Crippen molar-refractivity contribution in [2.75, 3.05) is 13.1 Å². The van der Waals surface area contributed by atoms with Crippen LogP contribution in [0.2, 0.25) is 0 Å². The molecule has 3 rings (SSSR count). The quantitative estimate of drug-likeness (QED) is 0.667. The highest BCUT2D eigenvalue weighted by molar-refractivity contribution is 8.18. The fraction of sp³-hybridized carbons (Fsp3) is 0.150. The number of nitrogens with one attached hydrogen (secondary N) is 1. The molecule has 2 aromatic carbocycles. The Labute approximate surface area is 173 Å². The van der Waals surface area contributed by atoms with Gasteiger partial charge in [0.1, 0.15) is 11.6 Å². The molecule has 0 aromatic heterocycles. The zero-order chi connectivity index (χ0) is 21.7. The molecular formula is C20H15F3N2O4S. The number of thioether (sulfide) groups is 1. The number of rotatable bonds is 7. The molecular weight excluding hydrogens is 421 g/mol. The molecule has 1 aliphatic heterocycles. The summed E-state index contributed by atoms with van der Waals surface area (Å²) >= 11 is 0.734. The molecule has 0 atom stereocenters. The predicted octanol–water partition coefficient (Wildman–Crippen LogP) is 3.89. The number of carbonyl (C=O) groups excluding carboxylic acids is 3. The molecule has 3 amide bonds. The summed E-state index contributed by atoms with van der Waals surface area (Å²) in [5.74, 6) is -1.63. The Morgan fingerprint density at radius 1 is 1.17 bits per heavy atom. The van der Waals surface area contributed by atoms with Crippen LogP contribution in [-0.2, 0) is 4.79 Å². The number of imide groups is 1. The number of halogens is 3. The second-order valence-electron chi connectivity index (χ2n) is 6.05. The van der Waals surface area contributed by atoms with E-state index >= 15 is 0 Å². The first kappa shape index (κ1) is 21.4. The van der Waals surface area contributed by atoms with Gasteiger partial charge in [0, 0.05) is 18.7 Å².